The largest absolute Gasteiger partial charge is 0.309 e. The molecule has 1 aliphatic rings. The highest BCUT2D eigenvalue weighted by Crippen LogP contribution is 2.43. The highest BCUT2D eigenvalue weighted by molar-refractivity contribution is 5.96. The molecule has 0 amide bonds. The van der Waals surface area contributed by atoms with Crippen LogP contribution < -0.4 is 5.56 Å². The molecule has 3 nitrogen and oxygen atoms in total. The fourth-order valence-corrected chi connectivity index (χ4v) is 4.19. The van der Waals surface area contributed by atoms with E-state index >= 15 is 0 Å². The third-order valence-electron chi connectivity index (χ3n) is 6.43. The van der Waals surface area contributed by atoms with Crippen molar-refractivity contribution in [3.63, 3.8) is 0 Å². The minimum atomic E-state index is 0.101. The number of pyridine rings is 1. The predicted octanol–water partition coefficient (Wildman–Crippen LogP) is 7.21. The number of allylic oxidation sites excluding steroid dienone is 3. The summed E-state index contributed by atoms with van der Waals surface area (Å²) < 4.78 is 1.87. The van der Waals surface area contributed by atoms with Gasteiger partial charge in [-0.15, -0.1) is 0 Å². The van der Waals surface area contributed by atoms with Gasteiger partial charge in [-0.3, -0.25) is 9.79 Å². The zero-order chi connectivity index (χ0) is 22.7. The molecule has 0 radical (unpaired) electrons. The van der Waals surface area contributed by atoms with Crippen LogP contribution in [0.15, 0.2) is 76.0 Å². The van der Waals surface area contributed by atoms with Crippen molar-refractivity contribution >= 4 is 28.4 Å². The van der Waals surface area contributed by atoms with Crippen molar-refractivity contribution in [1.29, 1.82) is 0 Å². The standard InChI is InChI=1S/C29H32N2O/c1-5-20(3)16-17-30-29(21(4)22-10-8-7-9-11-22)24-14-15-27-26(18-24)25(23-12-13-23)19-28(32)31(27)6-2/h7-11,14-19,23H,5-6,12-13H2,1-4H3/b20-16+,29-21+,30-17+. The van der Waals surface area contributed by atoms with E-state index in [1.807, 2.05) is 29.8 Å². The van der Waals surface area contributed by atoms with E-state index in [4.69, 9.17) is 4.99 Å². The van der Waals surface area contributed by atoms with Crippen LogP contribution in [0.4, 0.5) is 0 Å². The lowest BCUT2D eigenvalue weighted by Crippen LogP contribution is -2.19. The summed E-state index contributed by atoms with van der Waals surface area (Å²) in [6, 6.07) is 18.7. The Morgan fingerprint density at radius 1 is 1.03 bits per heavy atom. The van der Waals surface area contributed by atoms with E-state index < -0.39 is 0 Å². The average molecular weight is 425 g/mol. The number of nitrogens with zero attached hydrogens (tertiary/aromatic N) is 2. The van der Waals surface area contributed by atoms with E-state index in [9.17, 15) is 4.79 Å². The van der Waals surface area contributed by atoms with Gasteiger partial charge in [-0.05, 0) is 80.9 Å². The summed E-state index contributed by atoms with van der Waals surface area (Å²) >= 11 is 0. The lowest BCUT2D eigenvalue weighted by Gasteiger charge is -2.15. The number of hydrogen-bond donors (Lipinski definition) is 0. The predicted molar refractivity (Wildman–Crippen MR) is 137 cm³/mol. The lowest BCUT2D eigenvalue weighted by molar-refractivity contribution is 0.757. The summed E-state index contributed by atoms with van der Waals surface area (Å²) in [7, 11) is 0. The molecule has 164 valence electrons. The molecule has 0 unspecified atom stereocenters. The van der Waals surface area contributed by atoms with Gasteiger partial charge in [0, 0.05) is 29.8 Å². The van der Waals surface area contributed by atoms with Gasteiger partial charge >= 0.3 is 0 Å². The third-order valence-corrected chi connectivity index (χ3v) is 6.43. The van der Waals surface area contributed by atoms with Gasteiger partial charge in [-0.25, -0.2) is 0 Å². The van der Waals surface area contributed by atoms with Crippen molar-refractivity contribution in [2.45, 2.75) is 59.4 Å². The molecule has 2 aromatic carbocycles. The van der Waals surface area contributed by atoms with Crippen LogP contribution in [0.25, 0.3) is 22.2 Å². The van der Waals surface area contributed by atoms with Crippen molar-refractivity contribution in [3.05, 3.63) is 93.3 Å². The Labute approximate surface area is 190 Å². The van der Waals surface area contributed by atoms with Crippen LogP contribution in [-0.4, -0.2) is 10.8 Å². The Balaban J connectivity index is 1.93. The number of fused-ring (bicyclic) bond motifs is 1. The monoisotopic (exact) mass is 424 g/mol. The summed E-state index contributed by atoms with van der Waals surface area (Å²) in [4.78, 5) is 17.6. The Hall–Kier alpha value is -3.20. The van der Waals surface area contributed by atoms with Crippen molar-refractivity contribution in [1.82, 2.24) is 4.57 Å². The first-order valence-corrected chi connectivity index (χ1v) is 11.7. The number of rotatable bonds is 7. The second-order valence-corrected chi connectivity index (χ2v) is 8.67. The minimum Gasteiger partial charge on any atom is -0.309 e. The van der Waals surface area contributed by atoms with E-state index in [1.165, 1.54) is 29.4 Å². The van der Waals surface area contributed by atoms with Crippen molar-refractivity contribution in [2.24, 2.45) is 4.99 Å². The number of aliphatic imine (C=N–C) groups is 1. The molecule has 3 heteroatoms. The third kappa shape index (κ3) is 4.52. The molecule has 0 saturated heterocycles. The fraction of sp³-hybridized carbons (Fsp3) is 0.310. The van der Waals surface area contributed by atoms with Crippen molar-refractivity contribution in [2.75, 3.05) is 0 Å². The van der Waals surface area contributed by atoms with Crippen LogP contribution in [0.1, 0.15) is 69.6 Å². The molecule has 4 rings (SSSR count). The lowest BCUT2D eigenvalue weighted by atomic mass is 9.97. The van der Waals surface area contributed by atoms with Crippen LogP contribution in [0.2, 0.25) is 0 Å². The zero-order valence-electron chi connectivity index (χ0n) is 19.6. The molecule has 0 N–H and O–H groups in total. The maximum Gasteiger partial charge on any atom is 0.251 e. The summed E-state index contributed by atoms with van der Waals surface area (Å²) in [6.45, 7) is 9.12. The number of hydrogen-bond acceptors (Lipinski definition) is 2. The molecule has 1 aromatic heterocycles. The first-order valence-electron chi connectivity index (χ1n) is 11.7. The molecule has 0 aliphatic heterocycles. The SMILES string of the molecule is CC/C(C)=C/C=N/C(=C(\C)c1ccccc1)c1ccc2c(c1)c(C1CC1)cc(=O)n2CC. The van der Waals surface area contributed by atoms with Crippen LogP contribution in [-0.2, 0) is 6.54 Å². The zero-order valence-corrected chi connectivity index (χ0v) is 19.6. The maximum absolute atomic E-state index is 12.7. The van der Waals surface area contributed by atoms with Crippen LogP contribution in [0.3, 0.4) is 0 Å². The van der Waals surface area contributed by atoms with Gasteiger partial charge in [0.25, 0.3) is 5.56 Å². The summed E-state index contributed by atoms with van der Waals surface area (Å²) in [6.07, 6.45) is 7.35. The highest BCUT2D eigenvalue weighted by Gasteiger charge is 2.27. The van der Waals surface area contributed by atoms with E-state index in [1.54, 1.807) is 0 Å². The van der Waals surface area contributed by atoms with Gasteiger partial charge in [0.15, 0.2) is 0 Å². The number of aryl methyl sites for hydroxylation is 1. The summed E-state index contributed by atoms with van der Waals surface area (Å²) in [5.41, 5.74) is 7.97. The number of aromatic nitrogens is 1. The highest BCUT2D eigenvalue weighted by atomic mass is 16.1. The van der Waals surface area contributed by atoms with Crippen molar-refractivity contribution < 1.29 is 0 Å². The van der Waals surface area contributed by atoms with Gasteiger partial charge in [-0.2, -0.15) is 0 Å². The molecule has 1 aliphatic carbocycles. The normalized spacial score (nSPS) is 15.4. The van der Waals surface area contributed by atoms with E-state index in [0.717, 1.165) is 34.3 Å². The van der Waals surface area contributed by atoms with Gasteiger partial charge in [0.2, 0.25) is 0 Å². The quantitative estimate of drug-likeness (QED) is 0.291. The minimum absolute atomic E-state index is 0.101. The molecule has 0 atom stereocenters. The van der Waals surface area contributed by atoms with Crippen LogP contribution in [0, 0.1) is 0 Å². The second kappa shape index (κ2) is 9.52. The Morgan fingerprint density at radius 2 is 1.78 bits per heavy atom. The Kier molecular flexibility index (Phi) is 6.55. The molecule has 1 saturated carbocycles. The molecule has 0 spiro atoms. The molecule has 0 bridgehead atoms. The molecule has 1 heterocycles. The molecule has 32 heavy (non-hydrogen) atoms. The first-order chi connectivity index (χ1) is 15.5. The molecule has 3 aromatic rings. The Morgan fingerprint density at radius 3 is 2.44 bits per heavy atom. The molecular weight excluding hydrogens is 392 g/mol. The molecular formula is C29H32N2O. The topological polar surface area (TPSA) is 34.4 Å². The molecule has 1 fully saturated rings. The Bertz CT molecular complexity index is 1270. The van der Waals surface area contributed by atoms with Gasteiger partial charge in [-0.1, -0.05) is 48.9 Å². The van der Waals surface area contributed by atoms with E-state index in [-0.39, 0.29) is 5.56 Å². The van der Waals surface area contributed by atoms with E-state index in [2.05, 4.69) is 69.3 Å². The van der Waals surface area contributed by atoms with Gasteiger partial charge in [0.05, 0.1) is 11.2 Å². The van der Waals surface area contributed by atoms with Gasteiger partial charge < -0.3 is 4.57 Å². The van der Waals surface area contributed by atoms with Gasteiger partial charge in [0.1, 0.15) is 0 Å². The van der Waals surface area contributed by atoms with Crippen molar-refractivity contribution in [3.8, 4) is 0 Å². The average Bonchev–Trinajstić information content (AvgIpc) is 3.66. The smallest absolute Gasteiger partial charge is 0.251 e. The number of benzene rings is 2. The van der Waals surface area contributed by atoms with Crippen LogP contribution >= 0.6 is 0 Å². The first kappa shape index (κ1) is 22.0. The maximum atomic E-state index is 12.7. The fourth-order valence-electron chi connectivity index (χ4n) is 4.19. The van der Waals surface area contributed by atoms with E-state index in [0.29, 0.717) is 12.5 Å². The summed E-state index contributed by atoms with van der Waals surface area (Å²) in [5.74, 6) is 0.508. The summed E-state index contributed by atoms with van der Waals surface area (Å²) in [5, 5.41) is 1.18. The van der Waals surface area contributed by atoms with Crippen LogP contribution in [0.5, 0.6) is 0 Å². The second-order valence-electron chi connectivity index (χ2n) is 8.67.